The van der Waals surface area contributed by atoms with E-state index in [9.17, 15) is 9.59 Å². The Kier molecular flexibility index (Phi) is 5.63. The second-order valence-electron chi connectivity index (χ2n) is 3.75. The number of methoxy groups -OCH3 is 1. The number of pyridine rings is 2. The van der Waals surface area contributed by atoms with Crippen LogP contribution in [0.2, 0.25) is 0 Å². The first kappa shape index (κ1) is 15.9. The van der Waals surface area contributed by atoms with Crippen LogP contribution in [0.4, 0.5) is 11.4 Å². The molecule has 0 aromatic carbocycles. The standard InChI is InChI=1S/C7H8N2O2.C6H6N2O2/c1-11-7(10)6-3-2-5(8)4-9-6;7-4-1-2-5(6(9)10)8-3-4/h2-4H,8H2,1H3;1-3H,7H2,(H,9,10). The van der Waals surface area contributed by atoms with E-state index in [0.717, 1.165) is 0 Å². The number of hydrogen-bond donors (Lipinski definition) is 3. The second-order valence-corrected chi connectivity index (χ2v) is 3.75. The van der Waals surface area contributed by atoms with Crippen molar-refractivity contribution in [2.45, 2.75) is 0 Å². The zero-order chi connectivity index (χ0) is 15.8. The molecule has 0 saturated carbocycles. The van der Waals surface area contributed by atoms with Crippen molar-refractivity contribution in [3.05, 3.63) is 48.0 Å². The number of nitrogens with two attached hydrogens (primary N) is 2. The van der Waals surface area contributed by atoms with Gasteiger partial charge in [0.05, 0.1) is 30.9 Å². The summed E-state index contributed by atoms with van der Waals surface area (Å²) in [5.74, 6) is -1.50. The molecule has 2 rings (SSSR count). The molecule has 0 radical (unpaired) electrons. The minimum Gasteiger partial charge on any atom is -0.477 e. The largest absolute Gasteiger partial charge is 0.477 e. The average molecular weight is 290 g/mol. The van der Waals surface area contributed by atoms with E-state index < -0.39 is 11.9 Å². The summed E-state index contributed by atoms with van der Waals surface area (Å²) in [6, 6.07) is 5.97. The molecule has 21 heavy (non-hydrogen) atoms. The quantitative estimate of drug-likeness (QED) is 0.690. The number of aromatic nitrogens is 2. The van der Waals surface area contributed by atoms with Crippen molar-refractivity contribution in [1.29, 1.82) is 0 Å². The van der Waals surface area contributed by atoms with Gasteiger partial charge in [-0.05, 0) is 24.3 Å². The predicted molar refractivity (Wildman–Crippen MR) is 75.6 cm³/mol. The number of rotatable bonds is 2. The van der Waals surface area contributed by atoms with Gasteiger partial charge < -0.3 is 21.3 Å². The van der Waals surface area contributed by atoms with Crippen molar-refractivity contribution < 1.29 is 19.4 Å². The van der Waals surface area contributed by atoms with E-state index in [1.165, 1.54) is 37.7 Å². The Morgan fingerprint density at radius 3 is 1.81 bits per heavy atom. The van der Waals surface area contributed by atoms with E-state index in [0.29, 0.717) is 11.4 Å². The highest BCUT2D eigenvalue weighted by Gasteiger charge is 2.04. The van der Waals surface area contributed by atoms with Crippen molar-refractivity contribution >= 4 is 23.3 Å². The summed E-state index contributed by atoms with van der Waals surface area (Å²) in [5, 5.41) is 8.37. The Balaban J connectivity index is 0.000000211. The van der Waals surface area contributed by atoms with Crippen LogP contribution in [-0.4, -0.2) is 34.1 Å². The number of carbonyl (C=O) groups excluding carboxylic acids is 1. The third-order valence-electron chi connectivity index (χ3n) is 2.19. The Morgan fingerprint density at radius 2 is 1.48 bits per heavy atom. The zero-order valence-corrected chi connectivity index (χ0v) is 11.2. The molecular weight excluding hydrogens is 276 g/mol. The molecule has 0 fully saturated rings. The van der Waals surface area contributed by atoms with Crippen LogP contribution in [0, 0.1) is 0 Å². The first-order chi connectivity index (χ1) is 9.93. The van der Waals surface area contributed by atoms with Crippen LogP contribution in [0.1, 0.15) is 21.0 Å². The van der Waals surface area contributed by atoms with Crippen LogP contribution in [-0.2, 0) is 4.74 Å². The Hall–Kier alpha value is -3.16. The molecule has 0 bridgehead atoms. The fourth-order valence-corrected chi connectivity index (χ4v) is 1.16. The molecule has 0 aliphatic rings. The molecule has 8 nitrogen and oxygen atoms in total. The molecule has 0 spiro atoms. The maximum Gasteiger partial charge on any atom is 0.356 e. The first-order valence-corrected chi connectivity index (χ1v) is 5.68. The smallest absolute Gasteiger partial charge is 0.356 e. The summed E-state index contributed by atoms with van der Waals surface area (Å²) in [5.41, 5.74) is 11.9. The third-order valence-corrected chi connectivity index (χ3v) is 2.19. The SMILES string of the molecule is COC(=O)c1ccc(N)cn1.Nc1ccc(C(=O)O)nc1. The number of nitrogens with zero attached hydrogens (tertiary/aromatic N) is 2. The summed E-state index contributed by atoms with van der Waals surface area (Å²) in [6.45, 7) is 0. The molecule has 0 aliphatic heterocycles. The number of carbonyl (C=O) groups is 2. The van der Waals surface area contributed by atoms with Gasteiger partial charge in [-0.3, -0.25) is 0 Å². The molecule has 0 atom stereocenters. The van der Waals surface area contributed by atoms with Crippen molar-refractivity contribution in [3.8, 4) is 0 Å². The van der Waals surface area contributed by atoms with Crippen molar-refractivity contribution in [1.82, 2.24) is 9.97 Å². The van der Waals surface area contributed by atoms with Crippen LogP contribution in [0.3, 0.4) is 0 Å². The molecule has 0 unspecified atom stereocenters. The average Bonchev–Trinajstić information content (AvgIpc) is 2.48. The topological polar surface area (TPSA) is 141 Å². The number of ether oxygens (including phenoxy) is 1. The summed E-state index contributed by atoms with van der Waals surface area (Å²) < 4.78 is 4.43. The Labute approximate surface area is 120 Å². The van der Waals surface area contributed by atoms with Gasteiger partial charge in [-0.1, -0.05) is 0 Å². The lowest BCUT2D eigenvalue weighted by molar-refractivity contribution is 0.0593. The van der Waals surface area contributed by atoms with E-state index >= 15 is 0 Å². The molecule has 0 amide bonds. The Morgan fingerprint density at radius 1 is 1.00 bits per heavy atom. The highest BCUT2D eigenvalue weighted by Crippen LogP contribution is 2.01. The van der Waals surface area contributed by atoms with Crippen LogP contribution in [0.15, 0.2) is 36.7 Å². The second kappa shape index (κ2) is 7.43. The van der Waals surface area contributed by atoms with Gasteiger partial charge in [0.2, 0.25) is 0 Å². The maximum absolute atomic E-state index is 10.8. The summed E-state index contributed by atoms with van der Waals surface area (Å²) in [6.07, 6.45) is 2.72. The number of nitrogen functional groups attached to an aromatic ring is 2. The van der Waals surface area contributed by atoms with E-state index in [1.807, 2.05) is 0 Å². The minimum absolute atomic E-state index is 0.00852. The highest BCUT2D eigenvalue weighted by atomic mass is 16.5. The lowest BCUT2D eigenvalue weighted by atomic mass is 10.3. The molecule has 2 aromatic heterocycles. The highest BCUT2D eigenvalue weighted by molar-refractivity contribution is 5.87. The molecule has 110 valence electrons. The maximum atomic E-state index is 10.8. The van der Waals surface area contributed by atoms with Gasteiger partial charge in [0.15, 0.2) is 0 Å². The molecule has 0 saturated heterocycles. The molecule has 2 aromatic rings. The van der Waals surface area contributed by atoms with E-state index in [2.05, 4.69) is 14.7 Å². The van der Waals surface area contributed by atoms with Gasteiger partial charge in [-0.25, -0.2) is 19.6 Å². The molecule has 0 aliphatic carbocycles. The van der Waals surface area contributed by atoms with Gasteiger partial charge in [0.1, 0.15) is 11.4 Å². The number of esters is 1. The van der Waals surface area contributed by atoms with Crippen molar-refractivity contribution in [3.63, 3.8) is 0 Å². The zero-order valence-electron chi connectivity index (χ0n) is 11.2. The fraction of sp³-hybridized carbons (Fsp3) is 0.0769. The van der Waals surface area contributed by atoms with Crippen LogP contribution in [0.5, 0.6) is 0 Å². The Bertz CT molecular complexity index is 611. The molecule has 8 heteroatoms. The first-order valence-electron chi connectivity index (χ1n) is 5.68. The van der Waals surface area contributed by atoms with E-state index in [-0.39, 0.29) is 11.4 Å². The molecule has 5 N–H and O–H groups in total. The van der Waals surface area contributed by atoms with Gasteiger partial charge >= 0.3 is 11.9 Å². The van der Waals surface area contributed by atoms with Gasteiger partial charge in [0, 0.05) is 0 Å². The lowest BCUT2D eigenvalue weighted by Crippen LogP contribution is -2.03. The van der Waals surface area contributed by atoms with Gasteiger partial charge in [-0.2, -0.15) is 0 Å². The summed E-state index contributed by atoms with van der Waals surface area (Å²) in [7, 11) is 1.31. The summed E-state index contributed by atoms with van der Waals surface area (Å²) in [4.78, 5) is 28.3. The minimum atomic E-state index is -1.04. The number of carboxylic acids is 1. The number of aromatic carboxylic acids is 1. The normalized spacial score (nSPS) is 9.19. The number of carboxylic acid groups (broad SMARTS) is 1. The van der Waals surface area contributed by atoms with Gasteiger partial charge in [-0.15, -0.1) is 0 Å². The lowest BCUT2D eigenvalue weighted by Gasteiger charge is -1.96. The number of hydrogen-bond acceptors (Lipinski definition) is 7. The molecule has 2 heterocycles. The van der Waals surface area contributed by atoms with Gasteiger partial charge in [0.25, 0.3) is 0 Å². The van der Waals surface area contributed by atoms with Crippen molar-refractivity contribution in [2.75, 3.05) is 18.6 Å². The fourth-order valence-electron chi connectivity index (χ4n) is 1.16. The monoisotopic (exact) mass is 290 g/mol. The van der Waals surface area contributed by atoms with Crippen LogP contribution >= 0.6 is 0 Å². The predicted octanol–water partition coefficient (Wildman–Crippen LogP) is 0.812. The van der Waals surface area contributed by atoms with E-state index in [4.69, 9.17) is 16.6 Å². The van der Waals surface area contributed by atoms with Crippen LogP contribution in [0.25, 0.3) is 0 Å². The summed E-state index contributed by atoms with van der Waals surface area (Å²) >= 11 is 0. The van der Waals surface area contributed by atoms with Crippen LogP contribution < -0.4 is 11.5 Å². The van der Waals surface area contributed by atoms with E-state index in [1.54, 1.807) is 6.07 Å². The molecular formula is C13H14N4O4. The van der Waals surface area contributed by atoms with Crippen molar-refractivity contribution in [2.24, 2.45) is 0 Å². The third kappa shape index (κ3) is 5.15. The number of anilines is 2.